The molecule has 1 heterocycles. The number of benzene rings is 1. The number of hydrogen-bond donors (Lipinski definition) is 0. The van der Waals surface area contributed by atoms with Crippen molar-refractivity contribution in [2.45, 2.75) is 0 Å². The van der Waals surface area contributed by atoms with E-state index in [1.807, 2.05) is 12.2 Å². The Morgan fingerprint density at radius 1 is 1.31 bits per heavy atom. The van der Waals surface area contributed by atoms with Gasteiger partial charge < -0.3 is 4.74 Å². The Morgan fingerprint density at radius 3 is 2.81 bits per heavy atom. The van der Waals surface area contributed by atoms with Crippen molar-refractivity contribution < 1.29 is 9.53 Å². The maximum absolute atomic E-state index is 11.7. The molecule has 1 amide bonds. The Kier molecular flexibility index (Phi) is 3.27. The van der Waals surface area contributed by atoms with Crippen LogP contribution in [0.2, 0.25) is 5.02 Å². The van der Waals surface area contributed by atoms with Crippen molar-refractivity contribution in [3.63, 3.8) is 0 Å². The molecule has 0 saturated heterocycles. The van der Waals surface area contributed by atoms with Crippen LogP contribution in [0.15, 0.2) is 48.7 Å². The van der Waals surface area contributed by atoms with Crippen LogP contribution in [0.1, 0.15) is 0 Å². The van der Waals surface area contributed by atoms with Gasteiger partial charge in [0.05, 0.1) is 5.02 Å². The van der Waals surface area contributed by atoms with Crippen molar-refractivity contribution in [3.8, 4) is 5.75 Å². The number of allylic oxidation sites excluding steroid dienone is 2. The molecular formula is C12H10ClNO2. The van der Waals surface area contributed by atoms with Gasteiger partial charge in [0.2, 0.25) is 0 Å². The maximum Gasteiger partial charge on any atom is 0.419 e. The second-order valence-corrected chi connectivity index (χ2v) is 3.63. The summed E-state index contributed by atoms with van der Waals surface area (Å²) in [5.74, 6) is 0.372. The number of hydrogen-bond acceptors (Lipinski definition) is 2. The predicted molar refractivity (Wildman–Crippen MR) is 62.5 cm³/mol. The lowest BCUT2D eigenvalue weighted by molar-refractivity contribution is 0.173. The summed E-state index contributed by atoms with van der Waals surface area (Å²) in [6.07, 6.45) is 6.75. The highest BCUT2D eigenvalue weighted by molar-refractivity contribution is 6.32. The molecule has 0 N–H and O–H groups in total. The third-order valence-electron chi connectivity index (χ3n) is 2.08. The molecule has 0 radical (unpaired) electrons. The number of nitrogens with zero attached hydrogens (tertiary/aromatic N) is 1. The van der Waals surface area contributed by atoms with Crippen LogP contribution >= 0.6 is 11.6 Å². The first kappa shape index (κ1) is 10.8. The zero-order valence-electron chi connectivity index (χ0n) is 8.47. The van der Waals surface area contributed by atoms with Crippen molar-refractivity contribution in [1.82, 2.24) is 4.90 Å². The first-order valence-electron chi connectivity index (χ1n) is 4.83. The van der Waals surface area contributed by atoms with Crippen LogP contribution in [-0.4, -0.2) is 17.5 Å². The topological polar surface area (TPSA) is 29.5 Å². The second kappa shape index (κ2) is 4.86. The predicted octanol–water partition coefficient (Wildman–Crippen LogP) is 3.22. The van der Waals surface area contributed by atoms with E-state index >= 15 is 0 Å². The Morgan fingerprint density at radius 2 is 2.12 bits per heavy atom. The number of halogens is 1. The van der Waals surface area contributed by atoms with E-state index in [-0.39, 0.29) is 0 Å². The number of ether oxygens (including phenoxy) is 1. The fraction of sp³-hybridized carbons (Fsp3) is 0.0833. The fourth-order valence-corrected chi connectivity index (χ4v) is 1.46. The number of carbonyl (C=O) groups excluding carboxylic acids is 1. The van der Waals surface area contributed by atoms with E-state index in [9.17, 15) is 4.79 Å². The molecule has 0 saturated carbocycles. The van der Waals surface area contributed by atoms with E-state index in [2.05, 4.69) is 0 Å². The Labute approximate surface area is 98.6 Å². The Hall–Kier alpha value is -1.74. The highest BCUT2D eigenvalue weighted by atomic mass is 35.5. The van der Waals surface area contributed by atoms with Gasteiger partial charge in [0, 0.05) is 12.7 Å². The molecule has 1 aliphatic rings. The lowest BCUT2D eigenvalue weighted by Gasteiger charge is -2.17. The molecule has 0 fully saturated rings. The largest absolute Gasteiger partial charge is 0.419 e. The van der Waals surface area contributed by atoms with Crippen molar-refractivity contribution >= 4 is 17.7 Å². The van der Waals surface area contributed by atoms with Gasteiger partial charge in [0.25, 0.3) is 0 Å². The number of amides is 1. The lowest BCUT2D eigenvalue weighted by Crippen LogP contribution is -2.29. The third kappa shape index (κ3) is 2.44. The highest BCUT2D eigenvalue weighted by Crippen LogP contribution is 2.23. The molecular weight excluding hydrogens is 226 g/mol. The molecule has 4 heteroatoms. The van der Waals surface area contributed by atoms with Crippen LogP contribution in [0.4, 0.5) is 4.79 Å². The molecule has 0 unspecified atom stereocenters. The minimum Gasteiger partial charge on any atom is -0.408 e. The van der Waals surface area contributed by atoms with Crippen molar-refractivity contribution in [2.24, 2.45) is 0 Å². The molecule has 82 valence electrons. The summed E-state index contributed by atoms with van der Waals surface area (Å²) in [6, 6.07) is 6.88. The van der Waals surface area contributed by atoms with Gasteiger partial charge in [0.15, 0.2) is 5.75 Å². The van der Waals surface area contributed by atoms with Crippen molar-refractivity contribution in [3.05, 3.63) is 53.7 Å². The van der Waals surface area contributed by atoms with Gasteiger partial charge in [-0.25, -0.2) is 4.79 Å². The minimum atomic E-state index is -0.436. The van der Waals surface area contributed by atoms with E-state index in [1.165, 1.54) is 4.90 Å². The third-order valence-corrected chi connectivity index (χ3v) is 2.40. The monoisotopic (exact) mass is 235 g/mol. The number of para-hydroxylation sites is 1. The van der Waals surface area contributed by atoms with Crippen LogP contribution in [0.25, 0.3) is 0 Å². The van der Waals surface area contributed by atoms with E-state index < -0.39 is 6.09 Å². The van der Waals surface area contributed by atoms with E-state index in [4.69, 9.17) is 16.3 Å². The summed E-state index contributed by atoms with van der Waals surface area (Å²) in [4.78, 5) is 13.1. The molecule has 2 rings (SSSR count). The molecule has 1 aromatic carbocycles. The molecule has 0 aliphatic carbocycles. The average molecular weight is 236 g/mol. The summed E-state index contributed by atoms with van der Waals surface area (Å²) in [6.45, 7) is 0.514. The molecule has 1 aliphatic heterocycles. The lowest BCUT2D eigenvalue weighted by atomic mass is 10.3. The van der Waals surface area contributed by atoms with Gasteiger partial charge in [-0.3, -0.25) is 4.90 Å². The molecule has 0 atom stereocenters. The zero-order valence-corrected chi connectivity index (χ0v) is 9.22. The first-order valence-corrected chi connectivity index (χ1v) is 5.21. The van der Waals surface area contributed by atoms with Crippen LogP contribution in [0.3, 0.4) is 0 Å². The molecule has 0 spiro atoms. The van der Waals surface area contributed by atoms with Gasteiger partial charge in [-0.05, 0) is 18.2 Å². The van der Waals surface area contributed by atoms with Crippen LogP contribution in [0, 0.1) is 0 Å². The minimum absolute atomic E-state index is 0.372. The summed E-state index contributed by atoms with van der Waals surface area (Å²) >= 11 is 5.88. The standard InChI is InChI=1S/C12H10ClNO2/c13-10-6-2-3-7-11(10)16-12(15)14-8-4-1-5-9-14/h1-8H,9H2. The van der Waals surface area contributed by atoms with Crippen LogP contribution in [0.5, 0.6) is 5.75 Å². The molecule has 0 aromatic heterocycles. The zero-order chi connectivity index (χ0) is 11.4. The van der Waals surface area contributed by atoms with Crippen LogP contribution in [-0.2, 0) is 0 Å². The SMILES string of the molecule is O=C(Oc1ccccc1Cl)N1C=CC=CC1. The molecule has 0 bridgehead atoms. The van der Waals surface area contributed by atoms with Gasteiger partial charge in [-0.2, -0.15) is 0 Å². The molecule has 16 heavy (non-hydrogen) atoms. The number of rotatable bonds is 1. The summed E-state index contributed by atoms with van der Waals surface area (Å²) < 4.78 is 5.15. The first-order chi connectivity index (χ1) is 7.77. The molecule has 1 aromatic rings. The highest BCUT2D eigenvalue weighted by Gasteiger charge is 2.14. The van der Waals surface area contributed by atoms with Crippen molar-refractivity contribution in [1.29, 1.82) is 0 Å². The number of carbonyl (C=O) groups is 1. The van der Waals surface area contributed by atoms with E-state index in [1.54, 1.807) is 36.5 Å². The van der Waals surface area contributed by atoms with E-state index in [0.717, 1.165) is 0 Å². The van der Waals surface area contributed by atoms with E-state index in [0.29, 0.717) is 17.3 Å². The summed E-state index contributed by atoms with van der Waals surface area (Å²) in [5.41, 5.74) is 0. The normalized spacial score (nSPS) is 13.9. The van der Waals surface area contributed by atoms with Gasteiger partial charge in [0.1, 0.15) is 0 Å². The van der Waals surface area contributed by atoms with Gasteiger partial charge in [-0.15, -0.1) is 0 Å². The van der Waals surface area contributed by atoms with Gasteiger partial charge >= 0.3 is 6.09 Å². The summed E-state index contributed by atoms with van der Waals surface area (Å²) in [7, 11) is 0. The Bertz CT molecular complexity index is 454. The second-order valence-electron chi connectivity index (χ2n) is 3.22. The van der Waals surface area contributed by atoms with Gasteiger partial charge in [-0.1, -0.05) is 35.9 Å². The smallest absolute Gasteiger partial charge is 0.408 e. The fourth-order valence-electron chi connectivity index (χ4n) is 1.28. The maximum atomic E-state index is 11.7. The average Bonchev–Trinajstić information content (AvgIpc) is 2.33. The molecule has 3 nitrogen and oxygen atoms in total. The van der Waals surface area contributed by atoms with Crippen molar-refractivity contribution in [2.75, 3.05) is 6.54 Å². The quantitative estimate of drug-likeness (QED) is 0.748. The summed E-state index contributed by atoms with van der Waals surface area (Å²) in [5, 5.41) is 0.424. The van der Waals surface area contributed by atoms with Crippen LogP contribution < -0.4 is 4.74 Å². The Balaban J connectivity index is 2.05.